The van der Waals surface area contributed by atoms with Crippen molar-refractivity contribution in [2.24, 2.45) is 5.84 Å². The first-order valence-electron chi connectivity index (χ1n) is 5.62. The van der Waals surface area contributed by atoms with E-state index in [2.05, 4.69) is 26.3 Å². The Morgan fingerprint density at radius 1 is 1.26 bits per heavy atom. The van der Waals surface area contributed by atoms with E-state index in [4.69, 9.17) is 29.0 Å². The summed E-state index contributed by atoms with van der Waals surface area (Å²) in [6.07, 6.45) is 2.41. The number of rotatable bonds is 4. The summed E-state index contributed by atoms with van der Waals surface area (Å²) < 4.78 is 0.915. The molecule has 3 N–H and O–H groups in total. The van der Waals surface area contributed by atoms with Crippen LogP contribution in [0.3, 0.4) is 0 Å². The number of hydrogen-bond donors (Lipinski definition) is 2. The minimum atomic E-state index is -0.104. The third kappa shape index (κ3) is 3.68. The highest BCUT2D eigenvalue weighted by atomic mass is 79.9. The molecule has 0 aliphatic rings. The van der Waals surface area contributed by atoms with Gasteiger partial charge >= 0.3 is 0 Å². The standard InChI is InChI=1S/C13H12BrCl2N3/c14-9-2-1-5-18-13(9)12(19-17)7-8-3-4-10(15)11(16)6-8/h1-6,12,19H,7,17H2. The Morgan fingerprint density at radius 3 is 2.68 bits per heavy atom. The lowest BCUT2D eigenvalue weighted by molar-refractivity contribution is 0.536. The van der Waals surface area contributed by atoms with Gasteiger partial charge in [-0.3, -0.25) is 16.3 Å². The second-order valence-electron chi connectivity index (χ2n) is 4.04. The van der Waals surface area contributed by atoms with Crippen molar-refractivity contribution >= 4 is 39.1 Å². The van der Waals surface area contributed by atoms with Gasteiger partial charge in [-0.2, -0.15) is 0 Å². The smallest absolute Gasteiger partial charge is 0.0731 e. The van der Waals surface area contributed by atoms with Crippen molar-refractivity contribution in [1.82, 2.24) is 10.4 Å². The molecule has 6 heteroatoms. The Kier molecular flexibility index (Phi) is 5.19. The normalized spacial score (nSPS) is 12.4. The minimum absolute atomic E-state index is 0.104. The first-order valence-corrected chi connectivity index (χ1v) is 7.17. The maximum Gasteiger partial charge on any atom is 0.0731 e. The molecule has 0 spiro atoms. The van der Waals surface area contributed by atoms with E-state index in [1.54, 1.807) is 12.3 Å². The van der Waals surface area contributed by atoms with Crippen molar-refractivity contribution in [3.05, 3.63) is 62.3 Å². The van der Waals surface area contributed by atoms with Gasteiger partial charge in [0.2, 0.25) is 0 Å². The number of nitrogens with two attached hydrogens (primary N) is 1. The lowest BCUT2D eigenvalue weighted by Crippen LogP contribution is -2.30. The molecule has 0 bridgehead atoms. The van der Waals surface area contributed by atoms with Crippen LogP contribution < -0.4 is 11.3 Å². The highest BCUT2D eigenvalue weighted by molar-refractivity contribution is 9.10. The number of halogens is 3. The van der Waals surface area contributed by atoms with Gasteiger partial charge in [0.1, 0.15) is 0 Å². The van der Waals surface area contributed by atoms with E-state index in [0.717, 1.165) is 15.7 Å². The molecule has 0 amide bonds. The molecule has 1 aromatic heterocycles. The summed E-state index contributed by atoms with van der Waals surface area (Å²) in [6.45, 7) is 0. The van der Waals surface area contributed by atoms with E-state index < -0.39 is 0 Å². The third-order valence-electron chi connectivity index (χ3n) is 2.74. The Morgan fingerprint density at radius 2 is 2.05 bits per heavy atom. The summed E-state index contributed by atoms with van der Waals surface area (Å²) in [5, 5.41) is 1.08. The van der Waals surface area contributed by atoms with Gasteiger partial charge in [0.15, 0.2) is 0 Å². The van der Waals surface area contributed by atoms with Gasteiger partial charge in [0, 0.05) is 10.7 Å². The molecule has 0 saturated heterocycles. The zero-order valence-electron chi connectivity index (χ0n) is 9.91. The molecule has 19 heavy (non-hydrogen) atoms. The van der Waals surface area contributed by atoms with Gasteiger partial charge in [-0.1, -0.05) is 29.3 Å². The van der Waals surface area contributed by atoms with Crippen LogP contribution in [-0.4, -0.2) is 4.98 Å². The van der Waals surface area contributed by atoms with Gasteiger partial charge in [0.05, 0.1) is 21.8 Å². The zero-order valence-corrected chi connectivity index (χ0v) is 13.0. The van der Waals surface area contributed by atoms with Crippen molar-refractivity contribution < 1.29 is 0 Å². The summed E-state index contributed by atoms with van der Waals surface area (Å²) in [5.74, 6) is 5.62. The Balaban J connectivity index is 2.24. The molecule has 2 aromatic rings. The molecular formula is C13H12BrCl2N3. The molecule has 2 rings (SSSR count). The van der Waals surface area contributed by atoms with Crippen molar-refractivity contribution in [3.63, 3.8) is 0 Å². The molecule has 1 unspecified atom stereocenters. The van der Waals surface area contributed by atoms with Crippen LogP contribution in [0.2, 0.25) is 10.0 Å². The molecule has 1 atom stereocenters. The largest absolute Gasteiger partial charge is 0.271 e. The molecule has 0 radical (unpaired) electrons. The average Bonchev–Trinajstić information content (AvgIpc) is 2.41. The van der Waals surface area contributed by atoms with E-state index in [1.807, 2.05) is 24.3 Å². The molecular weight excluding hydrogens is 349 g/mol. The molecule has 3 nitrogen and oxygen atoms in total. The Labute approximate surface area is 130 Å². The van der Waals surface area contributed by atoms with Crippen molar-refractivity contribution in [1.29, 1.82) is 0 Å². The predicted octanol–water partition coefficient (Wildman–Crippen LogP) is 3.90. The lowest BCUT2D eigenvalue weighted by Gasteiger charge is -2.17. The Bertz CT molecular complexity index is 578. The number of hydrazine groups is 1. The van der Waals surface area contributed by atoms with Crippen LogP contribution in [-0.2, 0) is 6.42 Å². The third-order valence-corrected chi connectivity index (χ3v) is 4.15. The van der Waals surface area contributed by atoms with Crippen LogP contribution in [0.25, 0.3) is 0 Å². The van der Waals surface area contributed by atoms with Crippen molar-refractivity contribution in [3.8, 4) is 0 Å². The van der Waals surface area contributed by atoms with Crippen LogP contribution in [0.1, 0.15) is 17.3 Å². The maximum absolute atomic E-state index is 6.01. The van der Waals surface area contributed by atoms with Crippen LogP contribution in [0.15, 0.2) is 41.0 Å². The van der Waals surface area contributed by atoms with E-state index in [9.17, 15) is 0 Å². The first kappa shape index (κ1) is 14.8. The van der Waals surface area contributed by atoms with E-state index >= 15 is 0 Å². The second kappa shape index (κ2) is 6.68. The van der Waals surface area contributed by atoms with Crippen molar-refractivity contribution in [2.75, 3.05) is 0 Å². The number of aromatic nitrogens is 1. The summed E-state index contributed by atoms with van der Waals surface area (Å²) in [6, 6.07) is 9.23. The summed E-state index contributed by atoms with van der Waals surface area (Å²) in [7, 11) is 0. The Hall–Kier alpha value is -0.650. The highest BCUT2D eigenvalue weighted by Crippen LogP contribution is 2.27. The molecule has 0 aliphatic heterocycles. The summed E-state index contributed by atoms with van der Waals surface area (Å²) in [4.78, 5) is 4.34. The summed E-state index contributed by atoms with van der Waals surface area (Å²) >= 11 is 15.4. The van der Waals surface area contributed by atoms with Gasteiger partial charge in [-0.15, -0.1) is 0 Å². The van der Waals surface area contributed by atoms with Gasteiger partial charge in [0.25, 0.3) is 0 Å². The van der Waals surface area contributed by atoms with Crippen LogP contribution >= 0.6 is 39.1 Å². The van der Waals surface area contributed by atoms with Crippen LogP contribution in [0.4, 0.5) is 0 Å². The topological polar surface area (TPSA) is 50.9 Å². The van der Waals surface area contributed by atoms with E-state index in [1.165, 1.54) is 0 Å². The molecule has 0 saturated carbocycles. The van der Waals surface area contributed by atoms with E-state index in [-0.39, 0.29) is 6.04 Å². The quantitative estimate of drug-likeness (QED) is 0.642. The lowest BCUT2D eigenvalue weighted by atomic mass is 10.0. The van der Waals surface area contributed by atoms with E-state index in [0.29, 0.717) is 16.5 Å². The van der Waals surface area contributed by atoms with Crippen LogP contribution in [0, 0.1) is 0 Å². The van der Waals surface area contributed by atoms with Gasteiger partial charge < -0.3 is 0 Å². The zero-order chi connectivity index (χ0) is 13.8. The molecule has 0 fully saturated rings. The second-order valence-corrected chi connectivity index (χ2v) is 5.71. The number of hydrogen-bond acceptors (Lipinski definition) is 3. The number of benzene rings is 1. The molecule has 1 aromatic carbocycles. The monoisotopic (exact) mass is 359 g/mol. The van der Waals surface area contributed by atoms with Crippen molar-refractivity contribution in [2.45, 2.75) is 12.5 Å². The predicted molar refractivity (Wildman–Crippen MR) is 82.2 cm³/mol. The fraction of sp³-hybridized carbons (Fsp3) is 0.154. The molecule has 100 valence electrons. The van der Waals surface area contributed by atoms with Crippen LogP contribution in [0.5, 0.6) is 0 Å². The SMILES string of the molecule is NNC(Cc1ccc(Cl)c(Cl)c1)c1ncccc1Br. The summed E-state index contributed by atoms with van der Waals surface area (Å²) in [5.41, 5.74) is 4.67. The average molecular weight is 361 g/mol. The number of nitrogens with zero attached hydrogens (tertiary/aromatic N) is 1. The first-order chi connectivity index (χ1) is 9.11. The highest BCUT2D eigenvalue weighted by Gasteiger charge is 2.15. The maximum atomic E-state index is 6.01. The molecule has 1 heterocycles. The number of nitrogens with one attached hydrogen (secondary N) is 1. The minimum Gasteiger partial charge on any atom is -0.271 e. The fourth-order valence-corrected chi connectivity index (χ4v) is 2.64. The molecule has 0 aliphatic carbocycles. The fourth-order valence-electron chi connectivity index (χ4n) is 1.79. The van der Waals surface area contributed by atoms with Gasteiger partial charge in [-0.25, -0.2) is 0 Å². The van der Waals surface area contributed by atoms with Gasteiger partial charge in [-0.05, 0) is 52.2 Å². The number of pyridine rings is 1.